The molecule has 1 amide bonds. The molecule has 0 spiro atoms. The topological polar surface area (TPSA) is 54.0 Å². The Balaban J connectivity index is 1.52. The molecule has 1 aromatic carbocycles. The Morgan fingerprint density at radius 1 is 1.23 bits per heavy atom. The molecule has 1 N–H and O–H groups in total. The van der Waals surface area contributed by atoms with Crippen LogP contribution in [0, 0.1) is 5.92 Å². The number of piperidine rings is 1. The van der Waals surface area contributed by atoms with Crippen molar-refractivity contribution in [2.45, 2.75) is 51.6 Å². The number of morpholine rings is 1. The highest BCUT2D eigenvalue weighted by Crippen LogP contribution is 2.29. The number of ether oxygens (including phenoxy) is 2. The number of benzene rings is 1. The predicted molar refractivity (Wildman–Crippen MR) is 118 cm³/mol. The van der Waals surface area contributed by atoms with Gasteiger partial charge in [-0.25, -0.2) is 0 Å². The summed E-state index contributed by atoms with van der Waals surface area (Å²) in [5.74, 6) is 1.76. The smallest absolute Gasteiger partial charge is 0.240 e. The van der Waals surface area contributed by atoms with Gasteiger partial charge < -0.3 is 19.7 Å². The van der Waals surface area contributed by atoms with Crippen LogP contribution in [0.25, 0.3) is 0 Å². The van der Waals surface area contributed by atoms with E-state index in [9.17, 15) is 4.79 Å². The van der Waals surface area contributed by atoms with E-state index in [4.69, 9.17) is 9.47 Å². The van der Waals surface area contributed by atoms with Crippen LogP contribution in [0.4, 0.5) is 0 Å². The lowest BCUT2D eigenvalue weighted by molar-refractivity contribution is -0.144. The van der Waals surface area contributed by atoms with Gasteiger partial charge in [0.25, 0.3) is 0 Å². The summed E-state index contributed by atoms with van der Waals surface area (Å²) in [6, 6.07) is 6.88. The SMILES string of the molecule is CCN(C(C)Cc1ccc2c(c1)CCO2)C(C(=O)N1CCOCC1)C1CCNCC1. The van der Waals surface area contributed by atoms with E-state index < -0.39 is 0 Å². The van der Waals surface area contributed by atoms with Crippen molar-refractivity contribution < 1.29 is 14.3 Å². The number of fused-ring (bicyclic) bond motifs is 1. The van der Waals surface area contributed by atoms with Gasteiger partial charge in [0.15, 0.2) is 0 Å². The summed E-state index contributed by atoms with van der Waals surface area (Å²) < 4.78 is 11.2. The van der Waals surface area contributed by atoms with Crippen LogP contribution in [0.1, 0.15) is 37.8 Å². The molecule has 2 fully saturated rings. The van der Waals surface area contributed by atoms with E-state index >= 15 is 0 Å². The molecule has 3 aliphatic heterocycles. The van der Waals surface area contributed by atoms with Crippen LogP contribution in [0.15, 0.2) is 18.2 Å². The highest BCUT2D eigenvalue weighted by Gasteiger charge is 2.38. The Hall–Kier alpha value is -1.63. The molecule has 166 valence electrons. The first-order valence-corrected chi connectivity index (χ1v) is 11.7. The average Bonchev–Trinajstić information content (AvgIpc) is 3.26. The molecule has 0 aliphatic carbocycles. The maximum absolute atomic E-state index is 13.7. The summed E-state index contributed by atoms with van der Waals surface area (Å²) in [5.41, 5.74) is 2.66. The van der Waals surface area contributed by atoms with Gasteiger partial charge in [0, 0.05) is 25.6 Å². The van der Waals surface area contributed by atoms with Gasteiger partial charge in [0.05, 0.1) is 25.9 Å². The lowest BCUT2D eigenvalue weighted by Gasteiger charge is -2.43. The van der Waals surface area contributed by atoms with Crippen LogP contribution in [-0.2, 0) is 22.4 Å². The van der Waals surface area contributed by atoms with Crippen LogP contribution < -0.4 is 10.1 Å². The zero-order chi connectivity index (χ0) is 20.9. The number of nitrogens with zero attached hydrogens (tertiary/aromatic N) is 2. The summed E-state index contributed by atoms with van der Waals surface area (Å²) in [6.45, 7) is 10.9. The fourth-order valence-corrected chi connectivity index (χ4v) is 5.35. The van der Waals surface area contributed by atoms with Gasteiger partial charge in [0.1, 0.15) is 5.75 Å². The van der Waals surface area contributed by atoms with E-state index in [0.29, 0.717) is 31.1 Å². The van der Waals surface area contributed by atoms with Crippen molar-refractivity contribution >= 4 is 5.91 Å². The Bertz CT molecular complexity index is 714. The van der Waals surface area contributed by atoms with Gasteiger partial charge in [-0.15, -0.1) is 0 Å². The van der Waals surface area contributed by atoms with Gasteiger partial charge in [-0.05, 0) is 68.9 Å². The van der Waals surface area contributed by atoms with Gasteiger partial charge in [-0.1, -0.05) is 19.1 Å². The number of hydrogen-bond acceptors (Lipinski definition) is 5. The highest BCUT2D eigenvalue weighted by molar-refractivity contribution is 5.82. The lowest BCUT2D eigenvalue weighted by Crippen LogP contribution is -2.58. The van der Waals surface area contributed by atoms with Gasteiger partial charge in [-0.3, -0.25) is 9.69 Å². The number of amides is 1. The summed E-state index contributed by atoms with van der Waals surface area (Å²) in [6.07, 6.45) is 4.10. The van der Waals surface area contributed by atoms with Gasteiger partial charge in [-0.2, -0.15) is 0 Å². The molecule has 3 aliphatic rings. The molecule has 0 saturated carbocycles. The third kappa shape index (κ3) is 4.82. The maximum Gasteiger partial charge on any atom is 0.240 e. The fraction of sp³-hybridized carbons (Fsp3) is 0.708. The highest BCUT2D eigenvalue weighted by atomic mass is 16.5. The molecule has 0 bridgehead atoms. The molecular weight excluding hydrogens is 378 g/mol. The van der Waals surface area contributed by atoms with Crippen molar-refractivity contribution in [3.63, 3.8) is 0 Å². The summed E-state index contributed by atoms with van der Waals surface area (Å²) >= 11 is 0. The van der Waals surface area contributed by atoms with E-state index in [1.54, 1.807) is 0 Å². The van der Waals surface area contributed by atoms with E-state index in [-0.39, 0.29) is 6.04 Å². The van der Waals surface area contributed by atoms with Crippen LogP contribution in [0.2, 0.25) is 0 Å². The Morgan fingerprint density at radius 2 is 2.00 bits per heavy atom. The number of nitrogens with one attached hydrogen (secondary N) is 1. The Labute approximate surface area is 180 Å². The van der Waals surface area contributed by atoms with Crippen LogP contribution in [0.3, 0.4) is 0 Å². The van der Waals surface area contributed by atoms with Crippen LogP contribution in [-0.4, -0.2) is 80.3 Å². The summed E-state index contributed by atoms with van der Waals surface area (Å²) in [7, 11) is 0. The minimum absolute atomic E-state index is 0.0389. The normalized spacial score (nSPS) is 21.9. The molecule has 0 aromatic heterocycles. The number of rotatable bonds is 7. The summed E-state index contributed by atoms with van der Waals surface area (Å²) in [4.78, 5) is 18.2. The first-order valence-electron chi connectivity index (χ1n) is 11.7. The molecule has 1 aromatic rings. The molecular formula is C24H37N3O3. The average molecular weight is 416 g/mol. The van der Waals surface area contributed by atoms with Crippen LogP contribution in [0.5, 0.6) is 5.75 Å². The van der Waals surface area contributed by atoms with Crippen molar-refractivity contribution in [3.8, 4) is 5.75 Å². The van der Waals surface area contributed by atoms with Gasteiger partial charge in [0.2, 0.25) is 5.91 Å². The molecule has 2 unspecified atom stereocenters. The second-order valence-corrected chi connectivity index (χ2v) is 8.89. The third-order valence-corrected chi connectivity index (χ3v) is 6.98. The predicted octanol–water partition coefficient (Wildman–Crippen LogP) is 2.10. The summed E-state index contributed by atoms with van der Waals surface area (Å²) in [5, 5.41) is 3.46. The fourth-order valence-electron chi connectivity index (χ4n) is 5.35. The first-order chi connectivity index (χ1) is 14.7. The first kappa shape index (κ1) is 21.6. The molecule has 6 heteroatoms. The number of hydrogen-bond donors (Lipinski definition) is 1. The van der Waals surface area contributed by atoms with E-state index in [0.717, 1.165) is 70.8 Å². The zero-order valence-electron chi connectivity index (χ0n) is 18.6. The van der Waals surface area contributed by atoms with E-state index in [2.05, 4.69) is 42.3 Å². The number of likely N-dealkylation sites (N-methyl/N-ethyl adjacent to an activating group) is 1. The molecule has 30 heavy (non-hydrogen) atoms. The van der Waals surface area contributed by atoms with Crippen molar-refractivity contribution in [2.24, 2.45) is 5.92 Å². The molecule has 3 heterocycles. The molecule has 2 saturated heterocycles. The quantitative estimate of drug-likeness (QED) is 0.739. The maximum atomic E-state index is 13.7. The van der Waals surface area contributed by atoms with Gasteiger partial charge >= 0.3 is 0 Å². The minimum atomic E-state index is -0.0389. The second-order valence-electron chi connectivity index (χ2n) is 8.89. The number of carbonyl (C=O) groups excluding carboxylic acids is 1. The molecule has 0 radical (unpaired) electrons. The Kier molecular flexibility index (Phi) is 7.28. The monoisotopic (exact) mass is 415 g/mol. The van der Waals surface area contributed by atoms with Crippen molar-refractivity contribution in [1.82, 2.24) is 15.1 Å². The third-order valence-electron chi connectivity index (χ3n) is 6.98. The van der Waals surface area contributed by atoms with Crippen LogP contribution >= 0.6 is 0 Å². The minimum Gasteiger partial charge on any atom is -0.493 e. The van der Waals surface area contributed by atoms with Crippen molar-refractivity contribution in [2.75, 3.05) is 52.5 Å². The number of carbonyl (C=O) groups is 1. The van der Waals surface area contributed by atoms with E-state index in [1.165, 1.54) is 11.1 Å². The molecule has 6 nitrogen and oxygen atoms in total. The lowest BCUT2D eigenvalue weighted by atomic mass is 9.86. The largest absolute Gasteiger partial charge is 0.493 e. The van der Waals surface area contributed by atoms with Crippen molar-refractivity contribution in [3.05, 3.63) is 29.3 Å². The standard InChI is InChI=1S/C24H37N3O3/c1-3-27(18(2)16-19-4-5-22-21(17-19)8-13-30-22)23(20-6-9-25-10-7-20)24(28)26-11-14-29-15-12-26/h4-5,17-18,20,23,25H,3,6-16H2,1-2H3. The second kappa shape index (κ2) is 10.1. The van der Waals surface area contributed by atoms with E-state index in [1.807, 2.05) is 4.90 Å². The molecule has 4 rings (SSSR count). The zero-order valence-corrected chi connectivity index (χ0v) is 18.6. The molecule has 2 atom stereocenters. The van der Waals surface area contributed by atoms with Crippen molar-refractivity contribution in [1.29, 1.82) is 0 Å². The Morgan fingerprint density at radius 3 is 2.73 bits per heavy atom.